The van der Waals surface area contributed by atoms with Crippen LogP contribution in [0.1, 0.15) is 6.92 Å². The van der Waals surface area contributed by atoms with Gasteiger partial charge >= 0.3 is 0 Å². The van der Waals surface area contributed by atoms with Gasteiger partial charge in [0.25, 0.3) is 0 Å². The van der Waals surface area contributed by atoms with E-state index in [1.807, 2.05) is 6.92 Å². The number of hydrogen-bond donors (Lipinski definition) is 1. The number of rotatable bonds is 4. The minimum atomic E-state index is -3.75. The van der Waals surface area contributed by atoms with Gasteiger partial charge in [0.2, 0.25) is 10.0 Å². The van der Waals surface area contributed by atoms with E-state index in [0.717, 1.165) is 10.1 Å². The summed E-state index contributed by atoms with van der Waals surface area (Å²) in [7, 11) is -3.75. The Morgan fingerprint density at radius 3 is 2.72 bits per heavy atom. The largest absolute Gasteiger partial charge is 0.238 e. The second-order valence-corrected chi connectivity index (χ2v) is 7.37. The summed E-state index contributed by atoms with van der Waals surface area (Å²) in [6, 6.07) is 6.53. The molecule has 1 aromatic carbocycles. The van der Waals surface area contributed by atoms with Crippen molar-refractivity contribution in [2.24, 2.45) is 5.14 Å². The first-order chi connectivity index (χ1) is 8.52. The standard InChI is InChI=1S/C10H11N3O2S3/c1-2-16-10-13-12-9(17-10)7-5-3-4-6-8(7)18(11,14)15/h3-6H,2H2,1H3,(H2,11,14,15). The van der Waals surface area contributed by atoms with Gasteiger partial charge in [0.05, 0.1) is 4.90 Å². The molecule has 2 aromatic rings. The third-order valence-corrected chi connectivity index (χ3v) is 5.04. The number of nitrogens with two attached hydrogens (primary N) is 1. The lowest BCUT2D eigenvalue weighted by Gasteiger charge is -2.03. The van der Waals surface area contributed by atoms with Crippen molar-refractivity contribution in [1.82, 2.24) is 10.2 Å². The lowest BCUT2D eigenvalue weighted by Crippen LogP contribution is -2.13. The van der Waals surface area contributed by atoms with E-state index in [1.54, 1.807) is 30.0 Å². The van der Waals surface area contributed by atoms with Crippen molar-refractivity contribution >= 4 is 33.1 Å². The van der Waals surface area contributed by atoms with E-state index in [9.17, 15) is 8.42 Å². The molecule has 0 radical (unpaired) electrons. The van der Waals surface area contributed by atoms with Crippen LogP contribution in [-0.4, -0.2) is 24.4 Å². The summed E-state index contributed by atoms with van der Waals surface area (Å²) in [5.74, 6) is 0.894. The van der Waals surface area contributed by atoms with Crippen molar-refractivity contribution in [3.05, 3.63) is 24.3 Å². The Kier molecular flexibility index (Phi) is 4.00. The predicted octanol–water partition coefficient (Wildman–Crippen LogP) is 1.96. The SMILES string of the molecule is CCSc1nnc(-c2ccccc2S(N)(=O)=O)s1. The summed E-state index contributed by atoms with van der Waals surface area (Å²) in [5.41, 5.74) is 0.500. The van der Waals surface area contributed by atoms with Crippen LogP contribution in [0, 0.1) is 0 Å². The molecule has 18 heavy (non-hydrogen) atoms. The van der Waals surface area contributed by atoms with Gasteiger partial charge in [-0.1, -0.05) is 48.2 Å². The van der Waals surface area contributed by atoms with Gasteiger partial charge in [-0.15, -0.1) is 10.2 Å². The zero-order valence-corrected chi connectivity index (χ0v) is 12.0. The zero-order valence-electron chi connectivity index (χ0n) is 9.53. The molecule has 0 aliphatic rings. The predicted molar refractivity (Wildman–Crippen MR) is 73.1 cm³/mol. The van der Waals surface area contributed by atoms with Crippen molar-refractivity contribution in [3.8, 4) is 10.6 Å². The van der Waals surface area contributed by atoms with Crippen molar-refractivity contribution in [2.75, 3.05) is 5.75 Å². The zero-order chi connectivity index (χ0) is 13.2. The number of primary sulfonamides is 1. The van der Waals surface area contributed by atoms with E-state index >= 15 is 0 Å². The highest BCUT2D eigenvalue weighted by Crippen LogP contribution is 2.32. The molecule has 0 aliphatic carbocycles. The molecule has 5 nitrogen and oxygen atoms in total. The first-order valence-corrected chi connectivity index (χ1v) is 8.45. The lowest BCUT2D eigenvalue weighted by molar-refractivity contribution is 0.598. The summed E-state index contributed by atoms with van der Waals surface area (Å²) >= 11 is 2.93. The van der Waals surface area contributed by atoms with E-state index in [2.05, 4.69) is 10.2 Å². The molecule has 8 heteroatoms. The number of hydrogen-bond acceptors (Lipinski definition) is 6. The normalized spacial score (nSPS) is 11.7. The molecule has 0 bridgehead atoms. The highest BCUT2D eigenvalue weighted by atomic mass is 32.2. The van der Waals surface area contributed by atoms with E-state index < -0.39 is 10.0 Å². The molecule has 0 spiro atoms. The van der Waals surface area contributed by atoms with E-state index in [0.29, 0.717) is 10.6 Å². The molecule has 0 unspecified atom stereocenters. The maximum atomic E-state index is 11.5. The second-order valence-electron chi connectivity index (χ2n) is 3.35. The lowest BCUT2D eigenvalue weighted by atomic mass is 10.2. The third-order valence-electron chi connectivity index (χ3n) is 2.10. The average molecular weight is 301 g/mol. The van der Waals surface area contributed by atoms with Crippen molar-refractivity contribution in [2.45, 2.75) is 16.2 Å². The fourth-order valence-electron chi connectivity index (χ4n) is 1.39. The molecular formula is C10H11N3O2S3. The molecule has 0 amide bonds. The van der Waals surface area contributed by atoms with Crippen LogP contribution in [0.4, 0.5) is 0 Å². The molecular weight excluding hydrogens is 290 g/mol. The van der Waals surface area contributed by atoms with Crippen molar-refractivity contribution in [3.63, 3.8) is 0 Å². The van der Waals surface area contributed by atoms with Gasteiger partial charge in [0, 0.05) is 5.56 Å². The molecule has 2 rings (SSSR count). The van der Waals surface area contributed by atoms with E-state index in [-0.39, 0.29) is 4.90 Å². The first kappa shape index (κ1) is 13.5. The molecule has 0 atom stereocenters. The number of benzene rings is 1. The molecule has 96 valence electrons. The van der Waals surface area contributed by atoms with Crippen LogP contribution in [-0.2, 0) is 10.0 Å². The Bertz CT molecular complexity index is 652. The topological polar surface area (TPSA) is 85.9 Å². The molecule has 2 N–H and O–H groups in total. The molecule has 1 aromatic heterocycles. The summed E-state index contributed by atoms with van der Waals surface area (Å²) in [4.78, 5) is 0.0780. The fourth-order valence-corrected chi connectivity index (χ4v) is 3.98. The number of sulfonamides is 1. The first-order valence-electron chi connectivity index (χ1n) is 5.11. The van der Waals surface area contributed by atoms with Gasteiger partial charge in [-0.3, -0.25) is 0 Å². The molecule has 0 saturated carbocycles. The molecule has 0 fully saturated rings. The summed E-state index contributed by atoms with van der Waals surface area (Å²) in [6.07, 6.45) is 0. The van der Waals surface area contributed by atoms with Crippen LogP contribution in [0.25, 0.3) is 10.6 Å². The minimum Gasteiger partial charge on any atom is -0.225 e. The molecule has 0 aliphatic heterocycles. The summed E-state index contributed by atoms with van der Waals surface area (Å²) in [5, 5.41) is 13.8. The quantitative estimate of drug-likeness (QED) is 0.872. The summed E-state index contributed by atoms with van der Waals surface area (Å²) in [6.45, 7) is 2.02. The van der Waals surface area contributed by atoms with Crippen LogP contribution < -0.4 is 5.14 Å². The fraction of sp³-hybridized carbons (Fsp3) is 0.200. The van der Waals surface area contributed by atoms with Gasteiger partial charge in [-0.05, 0) is 11.8 Å². The molecule has 0 saturated heterocycles. The van der Waals surface area contributed by atoms with Crippen molar-refractivity contribution in [1.29, 1.82) is 0 Å². The van der Waals surface area contributed by atoms with Gasteiger partial charge in [-0.25, -0.2) is 13.6 Å². The summed E-state index contributed by atoms with van der Waals surface area (Å²) < 4.78 is 23.8. The monoisotopic (exact) mass is 301 g/mol. The van der Waals surface area contributed by atoms with E-state index in [1.165, 1.54) is 17.4 Å². The van der Waals surface area contributed by atoms with Crippen LogP contribution in [0.5, 0.6) is 0 Å². The van der Waals surface area contributed by atoms with Gasteiger partial charge in [0.15, 0.2) is 4.34 Å². The molecule has 1 heterocycles. The highest BCUT2D eigenvalue weighted by Gasteiger charge is 2.17. The van der Waals surface area contributed by atoms with Crippen LogP contribution in [0.3, 0.4) is 0 Å². The maximum Gasteiger partial charge on any atom is 0.238 e. The Morgan fingerprint density at radius 1 is 1.33 bits per heavy atom. The Balaban J connectivity index is 2.50. The number of thioether (sulfide) groups is 1. The second kappa shape index (κ2) is 5.35. The van der Waals surface area contributed by atoms with Gasteiger partial charge in [0.1, 0.15) is 5.01 Å². The Labute approximate surface area is 113 Å². The highest BCUT2D eigenvalue weighted by molar-refractivity contribution is 8.01. The average Bonchev–Trinajstić information content (AvgIpc) is 2.77. The van der Waals surface area contributed by atoms with Crippen LogP contribution in [0.2, 0.25) is 0 Å². The minimum absolute atomic E-state index is 0.0780. The van der Waals surface area contributed by atoms with Gasteiger partial charge < -0.3 is 0 Å². The van der Waals surface area contributed by atoms with Crippen LogP contribution >= 0.6 is 23.1 Å². The Hall–Kier alpha value is -0.960. The Morgan fingerprint density at radius 2 is 2.06 bits per heavy atom. The van der Waals surface area contributed by atoms with Crippen molar-refractivity contribution < 1.29 is 8.42 Å². The number of nitrogens with zero attached hydrogens (tertiary/aromatic N) is 2. The maximum absolute atomic E-state index is 11.5. The smallest absolute Gasteiger partial charge is 0.225 e. The number of aromatic nitrogens is 2. The van der Waals surface area contributed by atoms with E-state index in [4.69, 9.17) is 5.14 Å². The van der Waals surface area contributed by atoms with Crippen LogP contribution in [0.15, 0.2) is 33.5 Å². The van der Waals surface area contributed by atoms with Gasteiger partial charge in [-0.2, -0.15) is 0 Å². The third kappa shape index (κ3) is 2.89.